The quantitative estimate of drug-likeness (QED) is 0.924. The van der Waals surface area contributed by atoms with Crippen LogP contribution in [0, 0.1) is 13.8 Å². The lowest BCUT2D eigenvalue weighted by Gasteiger charge is -2.08. The standard InChI is InChI=1S/C16H16N2O3S2/c1-10-3-5-12(6-4-10)16-18-14(11(2)22-16)15(19)17-13-7-8-23(20,21)9-13/h3-8,13H,9H2,1-2H3,(H,17,19)/t13-/m1/s1. The van der Waals surface area contributed by atoms with Crippen LogP contribution in [0.15, 0.2) is 35.7 Å². The minimum atomic E-state index is -3.19. The number of rotatable bonds is 3. The van der Waals surface area contributed by atoms with Crippen molar-refractivity contribution >= 4 is 27.1 Å². The molecule has 0 fully saturated rings. The van der Waals surface area contributed by atoms with Gasteiger partial charge in [-0.2, -0.15) is 0 Å². The summed E-state index contributed by atoms with van der Waals surface area (Å²) in [5.74, 6) is -0.434. The number of aryl methyl sites for hydroxylation is 2. The predicted molar refractivity (Wildman–Crippen MR) is 91.2 cm³/mol. The summed E-state index contributed by atoms with van der Waals surface area (Å²) < 4.78 is 22.8. The molecule has 2 heterocycles. The molecular weight excluding hydrogens is 332 g/mol. The van der Waals surface area contributed by atoms with Gasteiger partial charge in [-0.15, -0.1) is 11.3 Å². The van der Waals surface area contributed by atoms with E-state index in [1.165, 1.54) is 17.4 Å². The summed E-state index contributed by atoms with van der Waals surface area (Å²) in [6.45, 7) is 3.85. The zero-order chi connectivity index (χ0) is 16.6. The number of hydrogen-bond acceptors (Lipinski definition) is 5. The minimum Gasteiger partial charge on any atom is -0.343 e. The topological polar surface area (TPSA) is 76.1 Å². The molecule has 120 valence electrons. The Morgan fingerprint density at radius 2 is 1.96 bits per heavy atom. The number of carbonyl (C=O) groups excluding carboxylic acids is 1. The molecule has 0 radical (unpaired) electrons. The first kappa shape index (κ1) is 15.9. The summed E-state index contributed by atoms with van der Waals surface area (Å²) in [7, 11) is -3.19. The van der Waals surface area contributed by atoms with E-state index >= 15 is 0 Å². The van der Waals surface area contributed by atoms with Crippen molar-refractivity contribution in [2.45, 2.75) is 19.9 Å². The van der Waals surface area contributed by atoms with Crippen molar-refractivity contribution in [1.82, 2.24) is 10.3 Å². The summed E-state index contributed by atoms with van der Waals surface area (Å²) >= 11 is 1.45. The van der Waals surface area contributed by atoms with Gasteiger partial charge in [0.25, 0.3) is 5.91 Å². The Balaban J connectivity index is 1.79. The van der Waals surface area contributed by atoms with E-state index in [-0.39, 0.29) is 11.7 Å². The fraction of sp³-hybridized carbons (Fsp3) is 0.250. The summed E-state index contributed by atoms with van der Waals surface area (Å²) in [5, 5.41) is 4.63. The molecule has 7 heteroatoms. The van der Waals surface area contributed by atoms with E-state index in [0.29, 0.717) is 5.69 Å². The van der Waals surface area contributed by atoms with E-state index in [0.717, 1.165) is 26.4 Å². The molecule has 23 heavy (non-hydrogen) atoms. The molecule has 1 atom stereocenters. The van der Waals surface area contributed by atoms with Crippen molar-refractivity contribution in [3.8, 4) is 10.6 Å². The maximum absolute atomic E-state index is 12.3. The molecule has 3 rings (SSSR count). The van der Waals surface area contributed by atoms with Crippen molar-refractivity contribution in [2.75, 3.05) is 5.75 Å². The van der Waals surface area contributed by atoms with Crippen molar-refractivity contribution in [1.29, 1.82) is 0 Å². The number of carbonyl (C=O) groups is 1. The second kappa shape index (κ2) is 5.90. The molecule has 1 N–H and O–H groups in total. The van der Waals surface area contributed by atoms with Gasteiger partial charge in [-0.1, -0.05) is 29.8 Å². The van der Waals surface area contributed by atoms with E-state index < -0.39 is 15.9 Å². The SMILES string of the molecule is Cc1ccc(-c2nc(C(=O)N[C@@H]3C=CS(=O)(=O)C3)c(C)s2)cc1. The van der Waals surface area contributed by atoms with Crippen LogP contribution in [0.4, 0.5) is 0 Å². The van der Waals surface area contributed by atoms with Crippen molar-refractivity contribution in [3.05, 3.63) is 51.9 Å². The summed E-state index contributed by atoms with van der Waals surface area (Å²) in [6.07, 6.45) is 1.50. The van der Waals surface area contributed by atoms with Crippen LogP contribution in [0.5, 0.6) is 0 Å². The molecule has 5 nitrogen and oxygen atoms in total. The fourth-order valence-corrected chi connectivity index (χ4v) is 4.48. The Hall–Kier alpha value is -1.99. The van der Waals surface area contributed by atoms with Gasteiger partial charge in [-0.3, -0.25) is 4.79 Å². The lowest BCUT2D eigenvalue weighted by Crippen LogP contribution is -2.35. The highest BCUT2D eigenvalue weighted by atomic mass is 32.2. The third-order valence-electron chi connectivity index (χ3n) is 3.56. The highest BCUT2D eigenvalue weighted by molar-refractivity contribution is 7.94. The van der Waals surface area contributed by atoms with Crippen molar-refractivity contribution in [2.24, 2.45) is 0 Å². The average Bonchev–Trinajstić information content (AvgIpc) is 3.02. The molecule has 0 spiro atoms. The first-order chi connectivity index (χ1) is 10.8. The highest BCUT2D eigenvalue weighted by Crippen LogP contribution is 2.28. The number of nitrogens with zero attached hydrogens (tertiary/aromatic N) is 1. The van der Waals surface area contributed by atoms with Crippen LogP contribution >= 0.6 is 11.3 Å². The molecule has 0 saturated heterocycles. The number of aromatic nitrogens is 1. The van der Waals surface area contributed by atoms with Gasteiger partial charge < -0.3 is 5.32 Å². The molecule has 1 amide bonds. The van der Waals surface area contributed by atoms with Crippen molar-refractivity contribution in [3.63, 3.8) is 0 Å². The molecule has 0 unspecified atom stereocenters. The third-order valence-corrected chi connectivity index (χ3v) is 5.97. The van der Waals surface area contributed by atoms with Gasteiger partial charge >= 0.3 is 0 Å². The zero-order valence-electron chi connectivity index (χ0n) is 12.7. The Bertz CT molecular complexity index is 881. The molecule has 0 saturated carbocycles. The number of amides is 1. The number of nitrogens with one attached hydrogen (secondary N) is 1. The van der Waals surface area contributed by atoms with Crippen LogP contribution in [0.3, 0.4) is 0 Å². The maximum atomic E-state index is 12.3. The largest absolute Gasteiger partial charge is 0.343 e. The van der Waals surface area contributed by atoms with Gasteiger partial charge in [-0.05, 0) is 19.9 Å². The molecule has 0 bridgehead atoms. The normalized spacial score (nSPS) is 19.0. The first-order valence-corrected chi connectivity index (χ1v) is 9.63. The van der Waals surface area contributed by atoms with Gasteiger partial charge in [0.05, 0.1) is 11.8 Å². The van der Waals surface area contributed by atoms with E-state index in [1.807, 2.05) is 38.1 Å². The van der Waals surface area contributed by atoms with E-state index in [4.69, 9.17) is 0 Å². The van der Waals surface area contributed by atoms with Crippen LogP contribution in [0.25, 0.3) is 10.6 Å². The molecule has 2 aromatic rings. The predicted octanol–water partition coefficient (Wildman–Crippen LogP) is 2.47. The Kier molecular flexibility index (Phi) is 4.08. The van der Waals surface area contributed by atoms with E-state index in [9.17, 15) is 13.2 Å². The minimum absolute atomic E-state index is 0.0905. The monoisotopic (exact) mass is 348 g/mol. The summed E-state index contributed by atoms with van der Waals surface area (Å²) in [5.41, 5.74) is 2.48. The molecule has 1 aromatic carbocycles. The average molecular weight is 348 g/mol. The Morgan fingerprint density at radius 3 is 2.57 bits per heavy atom. The molecule has 0 aliphatic carbocycles. The van der Waals surface area contributed by atoms with E-state index in [2.05, 4.69) is 10.3 Å². The maximum Gasteiger partial charge on any atom is 0.271 e. The lowest BCUT2D eigenvalue weighted by molar-refractivity contribution is 0.0943. The first-order valence-electron chi connectivity index (χ1n) is 7.10. The molecule has 1 aliphatic heterocycles. The fourth-order valence-electron chi connectivity index (χ4n) is 2.33. The summed E-state index contributed by atoms with van der Waals surface area (Å²) in [6, 6.07) is 7.46. The number of benzene rings is 1. The van der Waals surface area contributed by atoms with E-state index in [1.54, 1.807) is 0 Å². The van der Waals surface area contributed by atoms with Gasteiger partial charge in [-0.25, -0.2) is 13.4 Å². The van der Waals surface area contributed by atoms with Crippen LogP contribution in [-0.2, 0) is 9.84 Å². The Labute approximate surface area is 139 Å². The van der Waals surface area contributed by atoms with Gasteiger partial charge in [0, 0.05) is 15.8 Å². The summed E-state index contributed by atoms with van der Waals surface area (Å²) in [4.78, 5) is 17.6. The lowest BCUT2D eigenvalue weighted by atomic mass is 10.2. The number of thiazole rings is 1. The smallest absolute Gasteiger partial charge is 0.271 e. The van der Waals surface area contributed by atoms with Gasteiger partial charge in [0.1, 0.15) is 10.7 Å². The second-order valence-corrected chi connectivity index (χ2v) is 8.66. The third kappa shape index (κ3) is 3.51. The number of hydrogen-bond donors (Lipinski definition) is 1. The molecule has 1 aliphatic rings. The second-order valence-electron chi connectivity index (χ2n) is 5.53. The van der Waals surface area contributed by atoms with Crippen LogP contribution in [0.1, 0.15) is 20.9 Å². The Morgan fingerprint density at radius 1 is 1.26 bits per heavy atom. The van der Waals surface area contributed by atoms with Crippen LogP contribution in [0.2, 0.25) is 0 Å². The zero-order valence-corrected chi connectivity index (χ0v) is 14.4. The van der Waals surface area contributed by atoms with Crippen LogP contribution < -0.4 is 5.32 Å². The van der Waals surface area contributed by atoms with Gasteiger partial charge in [0.15, 0.2) is 9.84 Å². The van der Waals surface area contributed by atoms with Crippen molar-refractivity contribution < 1.29 is 13.2 Å². The van der Waals surface area contributed by atoms with Gasteiger partial charge in [0.2, 0.25) is 0 Å². The highest BCUT2D eigenvalue weighted by Gasteiger charge is 2.25. The number of sulfone groups is 1. The molecular formula is C16H16N2O3S2. The molecule has 1 aromatic heterocycles. The van der Waals surface area contributed by atoms with Crippen LogP contribution in [-0.4, -0.2) is 31.1 Å².